The fourth-order valence-electron chi connectivity index (χ4n) is 3.17. The largest absolute Gasteiger partial charge is 0.374 e. The molecule has 0 saturated carbocycles. The molecule has 17 heavy (non-hydrogen) atoms. The fourth-order valence-corrected chi connectivity index (χ4v) is 3.17. The fraction of sp³-hybridized carbons (Fsp3) is 0.600. The second-order valence-electron chi connectivity index (χ2n) is 5.53. The van der Waals surface area contributed by atoms with Crippen LogP contribution in [0.4, 0.5) is 5.69 Å². The van der Waals surface area contributed by atoms with Crippen molar-refractivity contribution >= 4 is 5.69 Å². The van der Waals surface area contributed by atoms with Gasteiger partial charge in [-0.05, 0) is 61.9 Å². The van der Waals surface area contributed by atoms with Crippen LogP contribution in [0.5, 0.6) is 0 Å². The van der Waals surface area contributed by atoms with Gasteiger partial charge in [0.05, 0.1) is 0 Å². The summed E-state index contributed by atoms with van der Waals surface area (Å²) in [7, 11) is 2.19. The van der Waals surface area contributed by atoms with Crippen LogP contribution in [0.2, 0.25) is 0 Å². The minimum atomic E-state index is 0.897. The highest BCUT2D eigenvalue weighted by atomic mass is 15.1. The van der Waals surface area contributed by atoms with Gasteiger partial charge in [0.25, 0.3) is 0 Å². The van der Waals surface area contributed by atoms with E-state index in [1.807, 2.05) is 0 Å². The molecule has 2 nitrogen and oxygen atoms in total. The summed E-state index contributed by atoms with van der Waals surface area (Å²) < 4.78 is 0. The molecule has 2 aliphatic rings. The average Bonchev–Trinajstić information content (AvgIpc) is 2.72. The Morgan fingerprint density at radius 3 is 2.94 bits per heavy atom. The number of piperidine rings is 1. The summed E-state index contributed by atoms with van der Waals surface area (Å²) in [6.07, 6.45) is 5.19. The topological polar surface area (TPSA) is 15.3 Å². The first-order valence-corrected chi connectivity index (χ1v) is 6.86. The minimum absolute atomic E-state index is 0.897. The number of hydrogen-bond donors (Lipinski definition) is 1. The van der Waals surface area contributed by atoms with Crippen molar-refractivity contribution in [1.82, 2.24) is 5.32 Å². The van der Waals surface area contributed by atoms with Crippen molar-refractivity contribution in [2.75, 3.05) is 31.6 Å². The van der Waals surface area contributed by atoms with Crippen molar-refractivity contribution in [2.45, 2.75) is 25.7 Å². The van der Waals surface area contributed by atoms with Crippen LogP contribution in [0.1, 0.15) is 24.0 Å². The van der Waals surface area contributed by atoms with E-state index >= 15 is 0 Å². The van der Waals surface area contributed by atoms with Gasteiger partial charge >= 0.3 is 0 Å². The van der Waals surface area contributed by atoms with E-state index < -0.39 is 0 Å². The van der Waals surface area contributed by atoms with Crippen LogP contribution >= 0.6 is 0 Å². The number of likely N-dealkylation sites (N-methyl/N-ethyl adjacent to an activating group) is 1. The first-order valence-electron chi connectivity index (χ1n) is 6.86. The predicted octanol–water partition coefficient (Wildman–Crippen LogP) is 2.22. The molecular formula is C15H22N2. The van der Waals surface area contributed by atoms with Crippen LogP contribution < -0.4 is 10.2 Å². The zero-order valence-corrected chi connectivity index (χ0v) is 10.7. The van der Waals surface area contributed by atoms with Gasteiger partial charge < -0.3 is 10.2 Å². The molecule has 2 heterocycles. The maximum Gasteiger partial charge on any atom is 0.0397 e. The second kappa shape index (κ2) is 4.69. The number of benzene rings is 1. The van der Waals surface area contributed by atoms with Gasteiger partial charge in [-0.1, -0.05) is 12.1 Å². The molecule has 1 aromatic carbocycles. The number of nitrogens with one attached hydrogen (secondary N) is 1. The zero-order valence-electron chi connectivity index (χ0n) is 10.7. The lowest BCUT2D eigenvalue weighted by Crippen LogP contribution is -2.28. The Morgan fingerprint density at radius 2 is 2.12 bits per heavy atom. The van der Waals surface area contributed by atoms with Crippen LogP contribution in [-0.4, -0.2) is 26.7 Å². The maximum atomic E-state index is 3.44. The predicted molar refractivity (Wildman–Crippen MR) is 72.7 cm³/mol. The smallest absolute Gasteiger partial charge is 0.0397 e. The van der Waals surface area contributed by atoms with Crippen molar-refractivity contribution in [3.8, 4) is 0 Å². The lowest BCUT2D eigenvalue weighted by molar-refractivity contribution is 0.372. The van der Waals surface area contributed by atoms with Crippen molar-refractivity contribution in [3.63, 3.8) is 0 Å². The van der Waals surface area contributed by atoms with Crippen molar-refractivity contribution < 1.29 is 0 Å². The van der Waals surface area contributed by atoms with E-state index in [4.69, 9.17) is 0 Å². The summed E-state index contributed by atoms with van der Waals surface area (Å²) in [4.78, 5) is 2.36. The monoisotopic (exact) mass is 230 g/mol. The molecule has 1 aromatic rings. The second-order valence-corrected chi connectivity index (χ2v) is 5.53. The summed E-state index contributed by atoms with van der Waals surface area (Å²) in [5, 5.41) is 3.44. The maximum absolute atomic E-state index is 3.44. The van der Waals surface area contributed by atoms with Crippen LogP contribution in [0.25, 0.3) is 0 Å². The number of fused-ring (bicyclic) bond motifs is 1. The highest BCUT2D eigenvalue weighted by molar-refractivity contribution is 5.58. The summed E-state index contributed by atoms with van der Waals surface area (Å²) in [6, 6.07) is 7.10. The van der Waals surface area contributed by atoms with Gasteiger partial charge in [0.1, 0.15) is 0 Å². The SMILES string of the molecule is CN1CCc2cc(CC3CCNCC3)ccc21. The highest BCUT2D eigenvalue weighted by Crippen LogP contribution is 2.29. The van der Waals surface area contributed by atoms with E-state index in [2.05, 4.69) is 35.5 Å². The number of hydrogen-bond acceptors (Lipinski definition) is 2. The molecule has 0 radical (unpaired) electrons. The molecule has 0 atom stereocenters. The third-order valence-corrected chi connectivity index (χ3v) is 4.25. The summed E-state index contributed by atoms with van der Waals surface area (Å²) in [6.45, 7) is 3.60. The molecule has 1 fully saturated rings. The van der Waals surface area contributed by atoms with Gasteiger partial charge in [0, 0.05) is 19.3 Å². The first kappa shape index (κ1) is 11.1. The van der Waals surface area contributed by atoms with E-state index in [9.17, 15) is 0 Å². The number of nitrogens with zero attached hydrogens (tertiary/aromatic N) is 1. The lowest BCUT2D eigenvalue weighted by atomic mass is 9.90. The Balaban J connectivity index is 1.71. The van der Waals surface area contributed by atoms with Crippen LogP contribution in [0, 0.1) is 5.92 Å². The van der Waals surface area contributed by atoms with Gasteiger partial charge in [0.2, 0.25) is 0 Å². The molecule has 0 aromatic heterocycles. The minimum Gasteiger partial charge on any atom is -0.374 e. The molecular weight excluding hydrogens is 208 g/mol. The standard InChI is InChI=1S/C15H22N2/c1-17-9-6-14-11-13(2-3-15(14)17)10-12-4-7-16-8-5-12/h2-3,11-12,16H,4-10H2,1H3. The Hall–Kier alpha value is -1.02. The highest BCUT2D eigenvalue weighted by Gasteiger charge is 2.17. The molecule has 0 aliphatic carbocycles. The third kappa shape index (κ3) is 2.32. The molecule has 0 unspecified atom stereocenters. The zero-order chi connectivity index (χ0) is 11.7. The van der Waals surface area contributed by atoms with Crippen LogP contribution in [0.15, 0.2) is 18.2 Å². The summed E-state index contributed by atoms with van der Waals surface area (Å²) in [5.74, 6) is 0.897. The summed E-state index contributed by atoms with van der Waals surface area (Å²) >= 11 is 0. The molecule has 2 heteroatoms. The molecule has 0 bridgehead atoms. The molecule has 1 saturated heterocycles. The lowest BCUT2D eigenvalue weighted by Gasteiger charge is -2.23. The van der Waals surface area contributed by atoms with Crippen molar-refractivity contribution in [2.24, 2.45) is 5.92 Å². The van der Waals surface area contributed by atoms with E-state index in [1.165, 1.54) is 51.0 Å². The molecule has 1 N–H and O–H groups in total. The van der Waals surface area contributed by atoms with Gasteiger partial charge in [-0.3, -0.25) is 0 Å². The van der Waals surface area contributed by atoms with E-state index in [0.29, 0.717) is 0 Å². The molecule has 3 rings (SSSR count). The molecule has 0 spiro atoms. The van der Waals surface area contributed by atoms with Gasteiger partial charge in [-0.2, -0.15) is 0 Å². The van der Waals surface area contributed by atoms with E-state index in [1.54, 1.807) is 11.1 Å². The number of rotatable bonds is 2. The van der Waals surface area contributed by atoms with Gasteiger partial charge in [0.15, 0.2) is 0 Å². The van der Waals surface area contributed by atoms with Crippen molar-refractivity contribution in [3.05, 3.63) is 29.3 Å². The number of anilines is 1. The van der Waals surface area contributed by atoms with Gasteiger partial charge in [-0.25, -0.2) is 0 Å². The Kier molecular flexibility index (Phi) is 3.06. The Bertz CT molecular complexity index is 394. The third-order valence-electron chi connectivity index (χ3n) is 4.25. The van der Waals surface area contributed by atoms with Gasteiger partial charge in [-0.15, -0.1) is 0 Å². The molecule has 2 aliphatic heterocycles. The molecule has 92 valence electrons. The summed E-state index contributed by atoms with van der Waals surface area (Å²) in [5.41, 5.74) is 4.55. The van der Waals surface area contributed by atoms with E-state index in [-0.39, 0.29) is 0 Å². The average molecular weight is 230 g/mol. The van der Waals surface area contributed by atoms with E-state index in [0.717, 1.165) is 5.92 Å². The quantitative estimate of drug-likeness (QED) is 0.838. The first-order chi connectivity index (χ1) is 8.33. The molecule has 0 amide bonds. The normalized spacial score (nSPS) is 20.6. The van der Waals surface area contributed by atoms with Crippen LogP contribution in [0.3, 0.4) is 0 Å². The van der Waals surface area contributed by atoms with Crippen molar-refractivity contribution in [1.29, 1.82) is 0 Å². The Labute approximate surface area is 104 Å². The van der Waals surface area contributed by atoms with Crippen LogP contribution in [-0.2, 0) is 12.8 Å². The Morgan fingerprint density at radius 1 is 1.29 bits per heavy atom.